The molecule has 0 unspecified atom stereocenters. The van der Waals surface area contributed by atoms with Gasteiger partial charge in [-0.1, -0.05) is 6.08 Å². The van der Waals surface area contributed by atoms with Crippen LogP contribution in [-0.4, -0.2) is 15.0 Å². The number of thiophene rings is 1. The van der Waals surface area contributed by atoms with Crippen LogP contribution in [0.4, 0.5) is 0 Å². The zero-order chi connectivity index (χ0) is 10.6. The van der Waals surface area contributed by atoms with E-state index in [1.165, 1.54) is 6.07 Å². The van der Waals surface area contributed by atoms with Crippen molar-refractivity contribution in [1.29, 1.82) is 0 Å². The van der Waals surface area contributed by atoms with Gasteiger partial charge in [-0.05, 0) is 31.2 Å². The fourth-order valence-corrected chi connectivity index (χ4v) is 2.55. The third-order valence-corrected chi connectivity index (χ3v) is 3.99. The van der Waals surface area contributed by atoms with Crippen LogP contribution in [0.5, 0.6) is 0 Å². The molecular weight excluding hydrogens is 220 g/mol. The molecule has 0 aromatic carbocycles. The van der Waals surface area contributed by atoms with Gasteiger partial charge in [-0.15, -0.1) is 11.3 Å². The van der Waals surface area contributed by atoms with Crippen LogP contribution < -0.4 is 10.9 Å². The fourth-order valence-electron chi connectivity index (χ4n) is 0.873. The summed E-state index contributed by atoms with van der Waals surface area (Å²) >= 11 is 1.15. The minimum atomic E-state index is -3.55. The summed E-state index contributed by atoms with van der Waals surface area (Å²) in [5.74, 6) is 0. The Bertz CT molecular complexity index is 420. The molecule has 14 heavy (non-hydrogen) atoms. The minimum Gasteiger partial charge on any atom is -0.330 e. The lowest BCUT2D eigenvalue weighted by Gasteiger charge is -1.88. The molecule has 1 heterocycles. The van der Waals surface area contributed by atoms with Crippen molar-refractivity contribution in [2.45, 2.75) is 10.6 Å². The topological polar surface area (TPSA) is 86.2 Å². The van der Waals surface area contributed by atoms with Crippen LogP contribution in [0, 0.1) is 0 Å². The highest BCUT2D eigenvalue weighted by atomic mass is 32.2. The Hall–Kier alpha value is -0.690. The molecule has 4 N–H and O–H groups in total. The van der Waals surface area contributed by atoms with E-state index in [2.05, 4.69) is 0 Å². The molecular formula is C8H12N2O2S2. The van der Waals surface area contributed by atoms with Crippen LogP contribution in [0.15, 0.2) is 22.4 Å². The SMILES string of the molecule is NCCC=Cc1ccc(S(N)(=O)=O)s1. The van der Waals surface area contributed by atoms with Gasteiger partial charge in [0.1, 0.15) is 4.21 Å². The predicted molar refractivity (Wildman–Crippen MR) is 58.4 cm³/mol. The van der Waals surface area contributed by atoms with Gasteiger partial charge < -0.3 is 5.73 Å². The smallest absolute Gasteiger partial charge is 0.247 e. The largest absolute Gasteiger partial charge is 0.330 e. The van der Waals surface area contributed by atoms with Crippen LogP contribution >= 0.6 is 11.3 Å². The number of hydrogen-bond acceptors (Lipinski definition) is 4. The van der Waals surface area contributed by atoms with E-state index in [-0.39, 0.29) is 4.21 Å². The molecule has 0 saturated heterocycles. The van der Waals surface area contributed by atoms with Gasteiger partial charge in [0.15, 0.2) is 0 Å². The molecule has 0 saturated carbocycles. The highest BCUT2D eigenvalue weighted by molar-refractivity contribution is 7.91. The van der Waals surface area contributed by atoms with Crippen molar-refractivity contribution < 1.29 is 8.42 Å². The quantitative estimate of drug-likeness (QED) is 0.803. The first-order valence-corrected chi connectivity index (χ1v) is 6.39. The van der Waals surface area contributed by atoms with Crippen LogP contribution in [0.25, 0.3) is 6.08 Å². The maximum Gasteiger partial charge on any atom is 0.247 e. The average molecular weight is 232 g/mol. The number of rotatable bonds is 4. The summed E-state index contributed by atoms with van der Waals surface area (Å²) in [4.78, 5) is 0.863. The standard InChI is InChI=1S/C8H12N2O2S2/c9-6-2-1-3-7-4-5-8(13-7)14(10,11)12/h1,3-5H,2,6,9H2,(H2,10,11,12). The molecule has 0 aliphatic rings. The van der Waals surface area contributed by atoms with Crippen LogP contribution in [0.1, 0.15) is 11.3 Å². The molecule has 0 atom stereocenters. The predicted octanol–water partition coefficient (Wildman–Crippen LogP) is 0.758. The van der Waals surface area contributed by atoms with E-state index >= 15 is 0 Å². The van der Waals surface area contributed by atoms with Gasteiger partial charge in [0.05, 0.1) is 0 Å². The van der Waals surface area contributed by atoms with Gasteiger partial charge in [-0.3, -0.25) is 0 Å². The Kier molecular flexibility index (Phi) is 3.82. The maximum atomic E-state index is 10.9. The van der Waals surface area contributed by atoms with Gasteiger partial charge in [0.25, 0.3) is 0 Å². The molecule has 0 aliphatic heterocycles. The zero-order valence-corrected chi connectivity index (χ0v) is 9.14. The van der Waals surface area contributed by atoms with Gasteiger partial charge in [-0.2, -0.15) is 0 Å². The second-order valence-corrected chi connectivity index (χ2v) is 5.59. The van der Waals surface area contributed by atoms with E-state index in [0.717, 1.165) is 22.6 Å². The van der Waals surface area contributed by atoms with Gasteiger partial charge in [-0.25, -0.2) is 13.6 Å². The lowest BCUT2D eigenvalue weighted by molar-refractivity contribution is 0.600. The number of nitrogens with two attached hydrogens (primary N) is 2. The second kappa shape index (κ2) is 4.70. The lowest BCUT2D eigenvalue weighted by Crippen LogP contribution is -2.09. The second-order valence-electron chi connectivity index (χ2n) is 2.68. The fraction of sp³-hybridized carbons (Fsp3) is 0.250. The first kappa shape index (κ1) is 11.4. The van der Waals surface area contributed by atoms with Crippen molar-refractivity contribution in [1.82, 2.24) is 0 Å². The summed E-state index contributed by atoms with van der Waals surface area (Å²) in [5, 5.41) is 4.96. The molecule has 6 heteroatoms. The molecule has 0 amide bonds. The van der Waals surface area contributed by atoms with Crippen molar-refractivity contribution in [3.63, 3.8) is 0 Å². The third-order valence-electron chi connectivity index (χ3n) is 1.50. The molecule has 0 spiro atoms. The molecule has 1 aromatic heterocycles. The third kappa shape index (κ3) is 3.22. The Morgan fingerprint density at radius 1 is 1.43 bits per heavy atom. The summed E-state index contributed by atoms with van der Waals surface area (Å²) < 4.78 is 22.0. The normalized spacial score (nSPS) is 12.4. The molecule has 1 rings (SSSR count). The summed E-state index contributed by atoms with van der Waals surface area (Å²) in [5.41, 5.74) is 5.30. The van der Waals surface area contributed by atoms with Crippen molar-refractivity contribution in [3.05, 3.63) is 23.1 Å². The van der Waals surface area contributed by atoms with Crippen molar-refractivity contribution in [2.75, 3.05) is 6.54 Å². The number of hydrogen-bond donors (Lipinski definition) is 2. The van der Waals surface area contributed by atoms with E-state index in [4.69, 9.17) is 10.9 Å². The van der Waals surface area contributed by atoms with Crippen LogP contribution in [0.2, 0.25) is 0 Å². The monoisotopic (exact) mass is 232 g/mol. The van der Waals surface area contributed by atoms with E-state index < -0.39 is 10.0 Å². The summed E-state index contributed by atoms with van der Waals surface area (Å²) in [6, 6.07) is 3.22. The summed E-state index contributed by atoms with van der Waals surface area (Å²) in [6.07, 6.45) is 4.52. The van der Waals surface area contributed by atoms with E-state index in [1.54, 1.807) is 6.07 Å². The number of sulfonamides is 1. The molecule has 4 nitrogen and oxygen atoms in total. The molecule has 0 aliphatic carbocycles. The Morgan fingerprint density at radius 3 is 2.64 bits per heavy atom. The van der Waals surface area contributed by atoms with E-state index in [0.29, 0.717) is 6.54 Å². The first-order valence-electron chi connectivity index (χ1n) is 4.03. The Balaban J connectivity index is 2.79. The van der Waals surface area contributed by atoms with E-state index in [1.807, 2.05) is 12.2 Å². The summed E-state index contributed by atoms with van der Waals surface area (Å²) in [6.45, 7) is 0.587. The minimum absolute atomic E-state index is 0.185. The molecule has 1 aromatic rings. The van der Waals surface area contributed by atoms with Gasteiger partial charge >= 0.3 is 0 Å². The maximum absolute atomic E-state index is 10.9. The first-order chi connectivity index (χ1) is 6.54. The van der Waals surface area contributed by atoms with Gasteiger partial charge in [0.2, 0.25) is 10.0 Å². The van der Waals surface area contributed by atoms with Crippen molar-refractivity contribution >= 4 is 27.4 Å². The molecule has 78 valence electrons. The highest BCUT2D eigenvalue weighted by Gasteiger charge is 2.09. The Labute approximate surface area is 87.3 Å². The van der Waals surface area contributed by atoms with E-state index in [9.17, 15) is 8.42 Å². The van der Waals surface area contributed by atoms with Gasteiger partial charge in [0, 0.05) is 4.88 Å². The lowest BCUT2D eigenvalue weighted by atomic mass is 10.3. The number of primary sulfonamides is 1. The zero-order valence-electron chi connectivity index (χ0n) is 7.51. The Morgan fingerprint density at radius 2 is 2.14 bits per heavy atom. The summed E-state index contributed by atoms with van der Waals surface area (Å²) in [7, 11) is -3.55. The molecule has 0 radical (unpaired) electrons. The van der Waals surface area contributed by atoms with Crippen LogP contribution in [0.3, 0.4) is 0 Å². The highest BCUT2D eigenvalue weighted by Crippen LogP contribution is 2.21. The average Bonchev–Trinajstić information content (AvgIpc) is 2.52. The van der Waals surface area contributed by atoms with Crippen molar-refractivity contribution in [3.8, 4) is 0 Å². The van der Waals surface area contributed by atoms with Crippen molar-refractivity contribution in [2.24, 2.45) is 10.9 Å². The molecule has 0 bridgehead atoms. The van der Waals surface area contributed by atoms with Crippen LogP contribution in [-0.2, 0) is 10.0 Å². The molecule has 0 fully saturated rings.